The molecule has 1 heterocycles. The van der Waals surface area contributed by atoms with Crippen LogP contribution in [0.5, 0.6) is 0 Å². The smallest absolute Gasteiger partial charge is 0.422 e. The molecule has 2 aromatic rings. The van der Waals surface area contributed by atoms with Gasteiger partial charge in [-0.05, 0) is 31.5 Å². The summed E-state index contributed by atoms with van der Waals surface area (Å²) in [6.45, 7) is 5.91. The molecule has 0 saturated carbocycles. The number of rotatable bonds is 4. The fourth-order valence-corrected chi connectivity index (χ4v) is 1.69. The summed E-state index contributed by atoms with van der Waals surface area (Å²) >= 11 is 0. The first-order valence-corrected chi connectivity index (χ1v) is 6.89. The maximum atomic E-state index is 11.5. The van der Waals surface area contributed by atoms with Gasteiger partial charge in [-0.1, -0.05) is 24.3 Å². The van der Waals surface area contributed by atoms with Crippen LogP contribution in [0.15, 0.2) is 24.3 Å². The molecule has 22 heavy (non-hydrogen) atoms. The average molecular weight is 304 g/mol. The Hall–Kier alpha value is -2.48. The summed E-state index contributed by atoms with van der Waals surface area (Å²) in [5.41, 5.74) is 6.68. The Morgan fingerprint density at radius 3 is 2.50 bits per heavy atom. The highest BCUT2D eigenvalue weighted by Gasteiger charge is 2.15. The van der Waals surface area contributed by atoms with Gasteiger partial charge in [0.1, 0.15) is 5.60 Å². The zero-order valence-corrected chi connectivity index (χ0v) is 13.1. The van der Waals surface area contributed by atoms with Gasteiger partial charge in [-0.25, -0.2) is 10.2 Å². The third-order valence-electron chi connectivity index (χ3n) is 2.60. The fourth-order valence-electron chi connectivity index (χ4n) is 1.69. The number of aromatic nitrogens is 4. The zero-order chi connectivity index (χ0) is 16.2. The van der Waals surface area contributed by atoms with E-state index in [0.29, 0.717) is 12.4 Å². The summed E-state index contributed by atoms with van der Waals surface area (Å²) in [7, 11) is 1.72. The van der Waals surface area contributed by atoms with Gasteiger partial charge >= 0.3 is 6.09 Å². The van der Waals surface area contributed by atoms with Gasteiger partial charge in [0.15, 0.2) is 0 Å². The fraction of sp³-hybridized carbons (Fsp3) is 0.429. The molecule has 0 radical (unpaired) electrons. The Labute approximate surface area is 128 Å². The van der Waals surface area contributed by atoms with Gasteiger partial charge in [0.2, 0.25) is 5.82 Å². The lowest BCUT2D eigenvalue weighted by Gasteiger charge is -2.19. The average Bonchev–Trinajstić information content (AvgIpc) is 2.84. The second-order valence-corrected chi connectivity index (χ2v) is 5.78. The van der Waals surface area contributed by atoms with Crippen LogP contribution in [0.2, 0.25) is 0 Å². The topological polar surface area (TPSA) is 94.0 Å². The van der Waals surface area contributed by atoms with Gasteiger partial charge in [-0.3, -0.25) is 5.43 Å². The van der Waals surface area contributed by atoms with E-state index in [2.05, 4.69) is 26.3 Å². The number of carbonyl (C=O) groups excluding carboxylic acids is 1. The van der Waals surface area contributed by atoms with E-state index in [-0.39, 0.29) is 0 Å². The number of ether oxygens (including phenoxy) is 1. The minimum Gasteiger partial charge on any atom is -0.443 e. The maximum Gasteiger partial charge on any atom is 0.422 e. The first-order chi connectivity index (χ1) is 10.3. The maximum absolute atomic E-state index is 11.5. The van der Waals surface area contributed by atoms with Crippen LogP contribution in [0.25, 0.3) is 11.4 Å². The van der Waals surface area contributed by atoms with E-state index in [1.807, 2.05) is 45.0 Å². The monoisotopic (exact) mass is 304 g/mol. The van der Waals surface area contributed by atoms with E-state index in [4.69, 9.17) is 4.74 Å². The summed E-state index contributed by atoms with van der Waals surface area (Å²) < 4.78 is 5.12. The summed E-state index contributed by atoms with van der Waals surface area (Å²) in [4.78, 5) is 12.9. The lowest BCUT2D eigenvalue weighted by molar-refractivity contribution is 0.0497. The van der Waals surface area contributed by atoms with Gasteiger partial charge in [-0.15, -0.1) is 10.2 Å². The Morgan fingerprint density at radius 2 is 1.95 bits per heavy atom. The Balaban J connectivity index is 1.83. The molecule has 118 valence electrons. The molecule has 8 nitrogen and oxygen atoms in total. The van der Waals surface area contributed by atoms with E-state index in [0.717, 1.165) is 11.1 Å². The van der Waals surface area contributed by atoms with Crippen LogP contribution in [0.1, 0.15) is 26.3 Å². The van der Waals surface area contributed by atoms with Crippen LogP contribution >= 0.6 is 0 Å². The summed E-state index contributed by atoms with van der Waals surface area (Å²) in [5, 5.41) is 11.9. The number of hydrogen-bond acceptors (Lipinski definition) is 6. The zero-order valence-electron chi connectivity index (χ0n) is 13.1. The molecule has 0 saturated heterocycles. The molecule has 8 heteroatoms. The first kappa shape index (κ1) is 15.9. The van der Waals surface area contributed by atoms with Crippen molar-refractivity contribution in [2.75, 3.05) is 0 Å². The van der Waals surface area contributed by atoms with Gasteiger partial charge in [0.05, 0.1) is 7.05 Å². The van der Waals surface area contributed by atoms with Crippen molar-refractivity contribution >= 4 is 6.09 Å². The molecular formula is C14H20N6O2. The van der Waals surface area contributed by atoms with Gasteiger partial charge in [0.25, 0.3) is 0 Å². The van der Waals surface area contributed by atoms with Gasteiger partial charge < -0.3 is 4.74 Å². The van der Waals surface area contributed by atoms with Crippen LogP contribution in [-0.4, -0.2) is 31.9 Å². The highest BCUT2D eigenvalue weighted by atomic mass is 16.6. The van der Waals surface area contributed by atoms with Crippen LogP contribution < -0.4 is 10.9 Å². The molecule has 0 atom stereocenters. The summed E-state index contributed by atoms with van der Waals surface area (Å²) in [5.74, 6) is 0.578. The van der Waals surface area contributed by atoms with Crippen molar-refractivity contribution in [2.24, 2.45) is 7.05 Å². The van der Waals surface area contributed by atoms with E-state index in [1.165, 1.54) is 4.80 Å². The van der Waals surface area contributed by atoms with Crippen molar-refractivity contribution in [1.82, 2.24) is 31.1 Å². The molecule has 0 unspecified atom stereocenters. The minimum absolute atomic E-state index is 0.480. The highest BCUT2D eigenvalue weighted by Crippen LogP contribution is 2.14. The third kappa shape index (κ3) is 4.81. The number of hydrazine groups is 1. The number of nitrogens with zero attached hydrogens (tertiary/aromatic N) is 4. The summed E-state index contributed by atoms with van der Waals surface area (Å²) in [6, 6.07) is 7.66. The van der Waals surface area contributed by atoms with Crippen molar-refractivity contribution in [3.8, 4) is 11.4 Å². The van der Waals surface area contributed by atoms with Crippen molar-refractivity contribution in [1.29, 1.82) is 0 Å². The number of amides is 1. The molecule has 2 rings (SSSR count). The highest BCUT2D eigenvalue weighted by molar-refractivity contribution is 5.67. The molecule has 2 N–H and O–H groups in total. The normalized spacial score (nSPS) is 11.3. The van der Waals surface area contributed by atoms with E-state index >= 15 is 0 Å². The lowest BCUT2D eigenvalue weighted by atomic mass is 10.1. The molecule has 1 amide bonds. The number of aryl methyl sites for hydroxylation is 1. The lowest BCUT2D eigenvalue weighted by Crippen LogP contribution is -2.40. The van der Waals surface area contributed by atoms with Crippen LogP contribution in [0, 0.1) is 0 Å². The summed E-state index contributed by atoms with van der Waals surface area (Å²) in [6.07, 6.45) is -0.507. The SMILES string of the molecule is Cn1nnc(-c2ccc(CNNC(=O)OC(C)(C)C)cc2)n1. The molecule has 1 aromatic carbocycles. The number of hydrogen-bond donors (Lipinski definition) is 2. The van der Waals surface area contributed by atoms with Crippen LogP contribution in [-0.2, 0) is 18.3 Å². The van der Waals surface area contributed by atoms with Gasteiger partial charge in [0, 0.05) is 12.1 Å². The third-order valence-corrected chi connectivity index (χ3v) is 2.60. The predicted molar refractivity (Wildman–Crippen MR) is 80.4 cm³/mol. The Bertz CT molecular complexity index is 630. The van der Waals surface area contributed by atoms with Crippen LogP contribution in [0.3, 0.4) is 0 Å². The largest absolute Gasteiger partial charge is 0.443 e. The number of benzene rings is 1. The standard InChI is InChI=1S/C14H20N6O2/c1-14(2,3)22-13(21)17-15-9-10-5-7-11(8-6-10)12-16-19-20(4)18-12/h5-8,15H,9H2,1-4H3,(H,17,21). The second-order valence-electron chi connectivity index (χ2n) is 5.78. The predicted octanol–water partition coefficient (Wildman–Crippen LogP) is 1.41. The van der Waals surface area contributed by atoms with Crippen molar-refractivity contribution in [3.63, 3.8) is 0 Å². The van der Waals surface area contributed by atoms with Gasteiger partial charge in [-0.2, -0.15) is 4.80 Å². The Kier molecular flexibility index (Phi) is 4.71. The van der Waals surface area contributed by atoms with Crippen LogP contribution in [0.4, 0.5) is 4.79 Å². The minimum atomic E-state index is -0.517. The molecule has 0 aliphatic rings. The van der Waals surface area contributed by atoms with Crippen molar-refractivity contribution in [2.45, 2.75) is 32.9 Å². The van der Waals surface area contributed by atoms with E-state index in [9.17, 15) is 4.79 Å². The second kappa shape index (κ2) is 6.52. The molecule has 0 aliphatic heterocycles. The number of tetrazole rings is 1. The molecule has 0 aliphatic carbocycles. The van der Waals surface area contributed by atoms with Crippen molar-refractivity contribution in [3.05, 3.63) is 29.8 Å². The number of nitrogens with one attached hydrogen (secondary N) is 2. The van der Waals surface area contributed by atoms with E-state index in [1.54, 1.807) is 7.05 Å². The van der Waals surface area contributed by atoms with Crippen molar-refractivity contribution < 1.29 is 9.53 Å². The quantitative estimate of drug-likeness (QED) is 0.829. The van der Waals surface area contributed by atoms with E-state index < -0.39 is 11.7 Å². The number of carbonyl (C=O) groups is 1. The molecule has 0 spiro atoms. The molecule has 0 bridgehead atoms. The molecule has 1 aromatic heterocycles. The Morgan fingerprint density at radius 1 is 1.27 bits per heavy atom. The first-order valence-electron chi connectivity index (χ1n) is 6.89. The molecule has 0 fully saturated rings. The molecular weight excluding hydrogens is 284 g/mol.